The molecular formula is C48H75N11O11. The first-order valence-corrected chi connectivity index (χ1v) is 25.2. The number of unbranched alkanes of at least 4 members (excludes halogenated alkanes) is 18. The van der Waals surface area contributed by atoms with E-state index in [1.807, 2.05) is 6.92 Å². The standard InChI is InChI=1S/C24H36N6O6.C24H39N5O5/c1-2-3-8-13-21(27-20-33)30-23(35)28(16-11-6-4-9-14-25-18-31)22(34)29(24(30)36)17-12-7-5-10-15-26-19-32;1-2-3-4-5-12-17-27-22-28(18-13-8-6-10-15-25-20-30)23(32)29(24(33)34-22)19-14-9-7-11-16-26-21-31/h21H,2-17H2,1H3;2-19H2,1H3. The van der Waals surface area contributed by atoms with Crippen molar-refractivity contribution in [2.45, 2.75) is 207 Å². The maximum absolute atomic E-state index is 13.2. The quantitative estimate of drug-likeness (QED) is 0.0447. The largest absolute Gasteiger partial charge is 0.425 e. The summed E-state index contributed by atoms with van der Waals surface area (Å²) in [5.74, 6) is -0.678. The summed E-state index contributed by atoms with van der Waals surface area (Å²) in [5, 5.41) is 0. The predicted molar refractivity (Wildman–Crippen MR) is 263 cm³/mol. The summed E-state index contributed by atoms with van der Waals surface area (Å²) >= 11 is 0. The summed E-state index contributed by atoms with van der Waals surface area (Å²) in [6, 6.07) is 0. The number of hydrogen-bond acceptors (Lipinski definition) is 17. The minimum Gasteiger partial charge on any atom is -0.375 e. The molecule has 22 heteroatoms. The molecule has 0 spiro atoms. The predicted octanol–water partition coefficient (Wildman–Crippen LogP) is 5.65. The Morgan fingerprint density at radius 3 is 1.17 bits per heavy atom. The molecule has 70 heavy (non-hydrogen) atoms. The minimum absolute atomic E-state index is 0.0963. The van der Waals surface area contributed by atoms with E-state index in [0.29, 0.717) is 97.1 Å². The van der Waals surface area contributed by atoms with E-state index in [-0.39, 0.29) is 25.3 Å². The van der Waals surface area contributed by atoms with Crippen molar-refractivity contribution in [1.82, 2.24) is 22.8 Å². The Morgan fingerprint density at radius 1 is 0.400 bits per heavy atom. The molecule has 0 saturated carbocycles. The molecule has 0 saturated heterocycles. The van der Waals surface area contributed by atoms with E-state index in [9.17, 15) is 47.9 Å². The summed E-state index contributed by atoms with van der Waals surface area (Å²) in [5.41, 5.74) is -2.53. The molecule has 0 aliphatic carbocycles. The van der Waals surface area contributed by atoms with E-state index >= 15 is 0 Å². The average Bonchev–Trinajstić information content (AvgIpc) is 3.35. The third-order valence-corrected chi connectivity index (χ3v) is 11.4. The van der Waals surface area contributed by atoms with Crippen molar-refractivity contribution in [1.29, 1.82) is 0 Å². The molecule has 0 fully saturated rings. The first-order chi connectivity index (χ1) is 34.2. The van der Waals surface area contributed by atoms with E-state index in [2.05, 4.69) is 36.9 Å². The van der Waals surface area contributed by atoms with Crippen molar-refractivity contribution in [2.75, 3.05) is 32.7 Å². The normalized spacial score (nSPS) is 11.3. The molecule has 2 heterocycles. The second kappa shape index (κ2) is 41.7. The van der Waals surface area contributed by atoms with Gasteiger partial charge in [-0.3, -0.25) is 0 Å². The molecule has 0 aromatic carbocycles. The number of nitrogens with zero attached hydrogens (tertiary/aromatic N) is 11. The van der Waals surface area contributed by atoms with Crippen molar-refractivity contribution < 1.29 is 28.4 Å². The topological polar surface area (TPSA) is 283 Å². The van der Waals surface area contributed by atoms with E-state index in [4.69, 9.17) is 4.42 Å². The first-order valence-electron chi connectivity index (χ1n) is 25.2. The number of isocyanates is 5. The third-order valence-electron chi connectivity index (χ3n) is 11.4. The lowest BCUT2D eigenvalue weighted by Gasteiger charge is -2.18. The highest BCUT2D eigenvalue weighted by molar-refractivity contribution is 5.33. The van der Waals surface area contributed by atoms with Crippen LogP contribution in [0, 0.1) is 0 Å². The minimum atomic E-state index is -1.02. The Kier molecular flexibility index (Phi) is 36.8. The molecule has 22 nitrogen and oxygen atoms in total. The summed E-state index contributed by atoms with van der Waals surface area (Å²) in [7, 11) is 0. The lowest BCUT2D eigenvalue weighted by molar-refractivity contribution is 0.300. The van der Waals surface area contributed by atoms with Gasteiger partial charge in [-0.15, -0.1) is 0 Å². The smallest absolute Gasteiger partial charge is 0.375 e. The van der Waals surface area contributed by atoms with Crippen molar-refractivity contribution in [2.24, 2.45) is 30.0 Å². The fourth-order valence-corrected chi connectivity index (χ4v) is 7.50. The number of aromatic nitrogens is 5. The van der Waals surface area contributed by atoms with Crippen LogP contribution in [0.4, 0.5) is 0 Å². The molecule has 2 aromatic heterocycles. The zero-order chi connectivity index (χ0) is 51.5. The third kappa shape index (κ3) is 25.9. The van der Waals surface area contributed by atoms with Gasteiger partial charge in [-0.1, -0.05) is 104 Å². The van der Waals surface area contributed by atoms with Crippen LogP contribution in [0.5, 0.6) is 0 Å². The highest BCUT2D eigenvalue weighted by atomic mass is 16.4. The van der Waals surface area contributed by atoms with Gasteiger partial charge < -0.3 is 4.42 Å². The molecule has 1 atom stereocenters. The van der Waals surface area contributed by atoms with Crippen LogP contribution >= 0.6 is 0 Å². The van der Waals surface area contributed by atoms with Gasteiger partial charge in [0.05, 0.1) is 26.2 Å². The molecule has 0 aliphatic rings. The van der Waals surface area contributed by atoms with Gasteiger partial charge in [-0.25, -0.2) is 95.7 Å². The Labute approximate surface area is 408 Å². The van der Waals surface area contributed by atoms with Crippen LogP contribution in [-0.4, -0.2) is 86.0 Å². The van der Waals surface area contributed by atoms with Gasteiger partial charge in [-0.2, -0.15) is 4.99 Å². The fourth-order valence-electron chi connectivity index (χ4n) is 7.50. The molecule has 388 valence electrons. The molecule has 2 rings (SSSR count). The van der Waals surface area contributed by atoms with E-state index in [1.165, 1.54) is 47.8 Å². The number of carbonyl (C=O) groups excluding carboxylic acids is 5. The zero-order valence-corrected chi connectivity index (χ0v) is 41.5. The SMILES string of the molecule is CCCCCC(N=C=O)n1c(=O)n(CCCCCCN=C=O)c(=O)n(CCCCCCN=C=O)c1=O.CCCCCCCN=c1oc(=O)n(CCCCCCN=C=O)c(=O)n1CCCCCCN=C=O. The summed E-state index contributed by atoms with van der Waals surface area (Å²) in [6.45, 7) is 7.28. The maximum atomic E-state index is 13.2. The average molecular weight is 982 g/mol. The molecule has 0 aliphatic heterocycles. The van der Waals surface area contributed by atoms with Crippen molar-refractivity contribution in [3.63, 3.8) is 0 Å². The molecule has 0 amide bonds. The Bertz CT molecular complexity index is 2350. The van der Waals surface area contributed by atoms with Crippen molar-refractivity contribution >= 4 is 30.4 Å². The molecule has 0 radical (unpaired) electrons. The van der Waals surface area contributed by atoms with Crippen LogP contribution in [0.3, 0.4) is 0 Å². The highest BCUT2D eigenvalue weighted by Gasteiger charge is 2.22. The lowest BCUT2D eigenvalue weighted by Crippen LogP contribution is -2.55. The Morgan fingerprint density at radius 2 is 0.757 bits per heavy atom. The van der Waals surface area contributed by atoms with Crippen LogP contribution in [0.25, 0.3) is 0 Å². The Balaban J connectivity index is 0.000000701. The van der Waals surface area contributed by atoms with Crippen LogP contribution in [0.2, 0.25) is 0 Å². The van der Waals surface area contributed by atoms with Gasteiger partial charge >= 0.3 is 34.2 Å². The van der Waals surface area contributed by atoms with Crippen molar-refractivity contribution in [3.8, 4) is 0 Å². The molecule has 2 aromatic rings. The second-order valence-corrected chi connectivity index (χ2v) is 16.8. The number of aliphatic imine (C=N–C) groups is 5. The highest BCUT2D eigenvalue weighted by Crippen LogP contribution is 2.14. The van der Waals surface area contributed by atoms with Gasteiger partial charge in [-0.05, 0) is 70.6 Å². The summed E-state index contributed by atoms with van der Waals surface area (Å²) in [4.78, 5) is 139. The lowest BCUT2D eigenvalue weighted by atomic mass is 10.2. The van der Waals surface area contributed by atoms with Crippen LogP contribution in [0.15, 0.2) is 58.3 Å². The molecular weight excluding hydrogens is 907 g/mol. The van der Waals surface area contributed by atoms with E-state index in [1.54, 1.807) is 0 Å². The Hall–Kier alpha value is -6.28. The zero-order valence-electron chi connectivity index (χ0n) is 41.5. The van der Waals surface area contributed by atoms with E-state index < -0.39 is 34.7 Å². The number of rotatable bonds is 40. The van der Waals surface area contributed by atoms with Crippen molar-refractivity contribution in [3.05, 3.63) is 58.2 Å². The number of hydrogen-bond donors (Lipinski definition) is 0. The molecule has 0 bridgehead atoms. The van der Waals surface area contributed by atoms with Crippen LogP contribution in [0.1, 0.15) is 181 Å². The van der Waals surface area contributed by atoms with E-state index in [0.717, 1.165) is 108 Å². The van der Waals surface area contributed by atoms with Crippen LogP contribution in [-0.2, 0) is 50.2 Å². The van der Waals surface area contributed by atoms with Gasteiger partial charge in [0.1, 0.15) is 6.17 Å². The van der Waals surface area contributed by atoms with Gasteiger partial charge in [0.25, 0.3) is 0 Å². The summed E-state index contributed by atoms with van der Waals surface area (Å²) < 4.78 is 11.0. The monoisotopic (exact) mass is 982 g/mol. The molecule has 0 N–H and O–H groups in total. The van der Waals surface area contributed by atoms with Gasteiger partial charge in [0.15, 0.2) is 0 Å². The van der Waals surface area contributed by atoms with Crippen LogP contribution < -0.4 is 34.2 Å². The summed E-state index contributed by atoms with van der Waals surface area (Å²) in [6.07, 6.45) is 26.3. The fraction of sp³-hybridized carbons (Fsp3) is 0.771. The first kappa shape index (κ1) is 61.7. The van der Waals surface area contributed by atoms with Gasteiger partial charge in [0, 0.05) is 32.7 Å². The second-order valence-electron chi connectivity index (χ2n) is 16.8. The van der Waals surface area contributed by atoms with Gasteiger partial charge in [0.2, 0.25) is 30.4 Å². The molecule has 1 unspecified atom stereocenters. The maximum Gasteiger partial charge on any atom is 0.425 e.